The molecule has 39 heavy (non-hydrogen) atoms. The van der Waals surface area contributed by atoms with Crippen molar-refractivity contribution in [2.75, 3.05) is 13.7 Å². The van der Waals surface area contributed by atoms with Gasteiger partial charge >= 0.3 is 0 Å². The maximum atomic E-state index is 13.0. The zero-order valence-electron chi connectivity index (χ0n) is 21.6. The Bertz CT molecular complexity index is 1270. The maximum Gasteiger partial charge on any atom is 0.269 e. The van der Waals surface area contributed by atoms with Crippen LogP contribution in [0.1, 0.15) is 52.7 Å². The van der Waals surface area contributed by atoms with Crippen molar-refractivity contribution in [2.45, 2.75) is 26.4 Å². The predicted molar refractivity (Wildman–Crippen MR) is 142 cm³/mol. The topological polar surface area (TPSA) is 163 Å². The zero-order chi connectivity index (χ0) is 28.5. The summed E-state index contributed by atoms with van der Waals surface area (Å²) < 4.78 is 11.3. The lowest BCUT2D eigenvalue weighted by Crippen LogP contribution is -2.41. The molecule has 3 aromatic rings. The van der Waals surface area contributed by atoms with E-state index in [2.05, 4.69) is 24.5 Å². The fourth-order valence-electron chi connectivity index (χ4n) is 3.49. The van der Waals surface area contributed by atoms with Crippen LogP contribution in [0.25, 0.3) is 0 Å². The van der Waals surface area contributed by atoms with Gasteiger partial charge in [0.1, 0.15) is 6.17 Å². The van der Waals surface area contributed by atoms with Crippen molar-refractivity contribution in [3.05, 3.63) is 104 Å². The van der Waals surface area contributed by atoms with Crippen molar-refractivity contribution in [3.8, 4) is 11.5 Å². The first-order valence-electron chi connectivity index (χ1n) is 12.0. The van der Waals surface area contributed by atoms with Gasteiger partial charge in [0.25, 0.3) is 23.2 Å². The second-order valence-electron chi connectivity index (χ2n) is 8.93. The van der Waals surface area contributed by atoms with Gasteiger partial charge in [0.2, 0.25) is 0 Å². The summed E-state index contributed by atoms with van der Waals surface area (Å²) in [4.78, 5) is 46.8. The number of amides is 2. The molecule has 3 aromatic carbocycles. The number of carbonyl (C=O) groups is 2. The lowest BCUT2D eigenvalue weighted by molar-refractivity contribution is -0.385. The first-order valence-corrected chi connectivity index (χ1v) is 12.0. The Labute approximate surface area is 224 Å². The average molecular weight is 537 g/mol. The van der Waals surface area contributed by atoms with Gasteiger partial charge in [-0.2, -0.15) is 0 Å². The van der Waals surface area contributed by atoms with Gasteiger partial charge in [0, 0.05) is 35.4 Å². The third-order valence-corrected chi connectivity index (χ3v) is 5.71. The van der Waals surface area contributed by atoms with E-state index < -0.39 is 27.8 Å². The molecule has 2 N–H and O–H groups in total. The van der Waals surface area contributed by atoms with Crippen molar-refractivity contribution in [1.29, 1.82) is 0 Å². The SMILES string of the molecule is COc1cc(C(NC(=O)c2ccc([N+](=O)[O-])cc2)NC(=O)c2ccc([N+](=O)[O-])cc2)ccc1OCCC(C)C. The van der Waals surface area contributed by atoms with Gasteiger partial charge in [-0.05, 0) is 54.3 Å². The highest BCUT2D eigenvalue weighted by Gasteiger charge is 2.22. The second kappa shape index (κ2) is 13.0. The highest BCUT2D eigenvalue weighted by Crippen LogP contribution is 2.30. The lowest BCUT2D eigenvalue weighted by Gasteiger charge is -2.22. The number of rotatable bonds is 12. The molecule has 0 radical (unpaired) electrons. The molecule has 0 aromatic heterocycles. The number of methoxy groups -OCH3 is 1. The molecule has 0 saturated carbocycles. The molecule has 0 bridgehead atoms. The summed E-state index contributed by atoms with van der Waals surface area (Å²) in [6.07, 6.45) is -0.224. The highest BCUT2D eigenvalue weighted by atomic mass is 16.6. The molecule has 2 amide bonds. The van der Waals surface area contributed by atoms with Gasteiger partial charge in [-0.3, -0.25) is 29.8 Å². The van der Waals surface area contributed by atoms with Crippen molar-refractivity contribution in [3.63, 3.8) is 0 Å². The summed E-state index contributed by atoms with van der Waals surface area (Å²) in [7, 11) is 1.47. The van der Waals surface area contributed by atoms with Gasteiger partial charge in [0.05, 0.1) is 23.6 Å². The molecule has 0 aliphatic rings. The molecule has 0 spiro atoms. The summed E-state index contributed by atoms with van der Waals surface area (Å²) in [6.45, 7) is 4.63. The minimum atomic E-state index is -1.06. The number of hydrogen-bond donors (Lipinski definition) is 2. The second-order valence-corrected chi connectivity index (χ2v) is 8.93. The number of carbonyl (C=O) groups excluding carboxylic acids is 2. The Morgan fingerprint density at radius 3 is 1.69 bits per heavy atom. The first kappa shape index (κ1) is 28.6. The molecule has 204 valence electrons. The Morgan fingerprint density at radius 1 is 0.795 bits per heavy atom. The van der Waals surface area contributed by atoms with Crippen LogP contribution in [0.5, 0.6) is 11.5 Å². The van der Waals surface area contributed by atoms with Gasteiger partial charge in [0.15, 0.2) is 11.5 Å². The summed E-state index contributed by atoms with van der Waals surface area (Å²) >= 11 is 0. The van der Waals surface area contributed by atoms with Crippen LogP contribution in [0.2, 0.25) is 0 Å². The van der Waals surface area contributed by atoms with E-state index in [1.54, 1.807) is 18.2 Å². The summed E-state index contributed by atoms with van der Waals surface area (Å²) in [6, 6.07) is 14.9. The smallest absolute Gasteiger partial charge is 0.269 e. The van der Waals surface area contributed by atoms with E-state index in [0.717, 1.165) is 6.42 Å². The van der Waals surface area contributed by atoms with Crippen LogP contribution < -0.4 is 20.1 Å². The van der Waals surface area contributed by atoms with E-state index in [0.29, 0.717) is 29.6 Å². The largest absolute Gasteiger partial charge is 0.493 e. The average Bonchev–Trinajstić information content (AvgIpc) is 2.92. The molecular formula is C27H28N4O8. The van der Waals surface area contributed by atoms with E-state index >= 15 is 0 Å². The van der Waals surface area contributed by atoms with E-state index in [9.17, 15) is 29.8 Å². The normalized spacial score (nSPS) is 10.7. The molecule has 3 rings (SSSR count). The molecule has 12 nitrogen and oxygen atoms in total. The molecule has 0 saturated heterocycles. The predicted octanol–water partition coefficient (Wildman–Crippen LogP) is 4.80. The van der Waals surface area contributed by atoms with Crippen LogP contribution in [-0.4, -0.2) is 35.4 Å². The molecule has 0 fully saturated rings. The molecule has 0 atom stereocenters. The van der Waals surface area contributed by atoms with Crippen LogP contribution in [0.15, 0.2) is 66.7 Å². The first-order chi connectivity index (χ1) is 18.6. The van der Waals surface area contributed by atoms with E-state index in [4.69, 9.17) is 9.47 Å². The fraction of sp³-hybridized carbons (Fsp3) is 0.259. The zero-order valence-corrected chi connectivity index (χ0v) is 21.6. The summed E-state index contributed by atoms with van der Waals surface area (Å²) in [5.41, 5.74) is 0.375. The Balaban J connectivity index is 1.89. The van der Waals surface area contributed by atoms with E-state index in [1.807, 2.05) is 0 Å². The van der Waals surface area contributed by atoms with Gasteiger partial charge < -0.3 is 20.1 Å². The number of nitro groups is 2. The molecule has 0 heterocycles. The third kappa shape index (κ3) is 7.74. The van der Waals surface area contributed by atoms with Crippen molar-refractivity contribution < 1.29 is 28.9 Å². The van der Waals surface area contributed by atoms with Crippen LogP contribution in [0.3, 0.4) is 0 Å². The monoisotopic (exact) mass is 536 g/mol. The van der Waals surface area contributed by atoms with Gasteiger partial charge in [-0.15, -0.1) is 0 Å². The molecule has 12 heteroatoms. The summed E-state index contributed by atoms with van der Waals surface area (Å²) in [5, 5.41) is 27.3. The van der Waals surface area contributed by atoms with Crippen LogP contribution >= 0.6 is 0 Å². The maximum absolute atomic E-state index is 13.0. The molecule has 0 aliphatic heterocycles. The number of nitrogens with one attached hydrogen (secondary N) is 2. The minimum absolute atomic E-state index is 0.135. The van der Waals surface area contributed by atoms with Crippen LogP contribution in [0.4, 0.5) is 11.4 Å². The van der Waals surface area contributed by atoms with E-state index in [-0.39, 0.29) is 22.5 Å². The van der Waals surface area contributed by atoms with Gasteiger partial charge in [-0.25, -0.2) is 0 Å². The number of hydrogen-bond acceptors (Lipinski definition) is 8. The number of nitro benzene ring substituents is 2. The third-order valence-electron chi connectivity index (χ3n) is 5.71. The molecule has 0 unspecified atom stereocenters. The van der Waals surface area contributed by atoms with Crippen molar-refractivity contribution in [2.24, 2.45) is 5.92 Å². The number of non-ortho nitro benzene ring substituents is 2. The Hall–Kier alpha value is -5.00. The number of nitrogens with zero attached hydrogens (tertiary/aromatic N) is 2. The molecular weight excluding hydrogens is 508 g/mol. The molecule has 0 aliphatic carbocycles. The van der Waals surface area contributed by atoms with Crippen molar-refractivity contribution >= 4 is 23.2 Å². The number of benzene rings is 3. The quantitative estimate of drug-likeness (QED) is 0.189. The lowest BCUT2D eigenvalue weighted by atomic mass is 10.1. The minimum Gasteiger partial charge on any atom is -0.493 e. The van der Waals surface area contributed by atoms with Gasteiger partial charge in [-0.1, -0.05) is 19.9 Å². The summed E-state index contributed by atoms with van der Waals surface area (Å²) in [5.74, 6) is 0.119. The highest BCUT2D eigenvalue weighted by molar-refractivity contribution is 5.97. The van der Waals surface area contributed by atoms with Crippen LogP contribution in [0, 0.1) is 26.1 Å². The number of ether oxygens (including phenoxy) is 2. The fourth-order valence-corrected chi connectivity index (χ4v) is 3.49. The Morgan fingerprint density at radius 2 is 1.28 bits per heavy atom. The van der Waals surface area contributed by atoms with E-state index in [1.165, 1.54) is 55.6 Å². The van der Waals surface area contributed by atoms with Crippen LogP contribution in [-0.2, 0) is 0 Å². The standard InChI is InChI=1S/C27H28N4O8/c1-17(2)14-15-39-23-13-8-20(16-24(23)38-3)25(28-26(32)18-4-9-21(10-5-18)30(34)35)29-27(33)19-6-11-22(12-7-19)31(36)37/h4-13,16-17,25H,14-15H2,1-3H3,(H,28,32)(H,29,33). The van der Waals surface area contributed by atoms with Crippen molar-refractivity contribution in [1.82, 2.24) is 10.6 Å². The Kier molecular flexibility index (Phi) is 9.52.